The largest absolute Gasteiger partial charge is 0.452 e. The van der Waals surface area contributed by atoms with Crippen LogP contribution >= 0.6 is 0 Å². The number of esters is 1. The van der Waals surface area contributed by atoms with Gasteiger partial charge in [0.05, 0.1) is 6.42 Å². The summed E-state index contributed by atoms with van der Waals surface area (Å²) in [7, 11) is 0. The molecule has 1 rings (SSSR count). The van der Waals surface area contributed by atoms with Crippen molar-refractivity contribution in [3.8, 4) is 0 Å². The van der Waals surface area contributed by atoms with E-state index < -0.39 is 12.1 Å². The van der Waals surface area contributed by atoms with E-state index in [0.717, 1.165) is 11.1 Å². The number of benzene rings is 1. The third kappa shape index (κ3) is 5.98. The number of carbonyl (C=O) groups is 2. The van der Waals surface area contributed by atoms with Crippen LogP contribution in [0.25, 0.3) is 0 Å². The summed E-state index contributed by atoms with van der Waals surface area (Å²) in [4.78, 5) is 23.7. The molecule has 0 bridgehead atoms. The Morgan fingerprint density at radius 3 is 2.33 bits per heavy atom. The molecule has 0 saturated carbocycles. The Morgan fingerprint density at radius 2 is 1.81 bits per heavy atom. The van der Waals surface area contributed by atoms with Crippen molar-refractivity contribution in [1.82, 2.24) is 5.32 Å². The Hall–Kier alpha value is -1.84. The molecule has 21 heavy (non-hydrogen) atoms. The number of hydrogen-bond donors (Lipinski definition) is 1. The third-order valence-corrected chi connectivity index (χ3v) is 3.10. The minimum atomic E-state index is -0.789. The van der Waals surface area contributed by atoms with Gasteiger partial charge in [0.15, 0.2) is 6.10 Å². The van der Waals surface area contributed by atoms with Gasteiger partial charge in [-0.05, 0) is 58.2 Å². The van der Waals surface area contributed by atoms with Crippen LogP contribution in [0.15, 0.2) is 18.2 Å². The van der Waals surface area contributed by atoms with Gasteiger partial charge in [0, 0.05) is 5.54 Å². The van der Waals surface area contributed by atoms with Crippen molar-refractivity contribution in [3.05, 3.63) is 34.9 Å². The normalized spacial score (nSPS) is 12.7. The fraction of sp³-hybridized carbons (Fsp3) is 0.529. The van der Waals surface area contributed by atoms with Crippen LogP contribution in [-0.2, 0) is 20.7 Å². The van der Waals surface area contributed by atoms with Crippen molar-refractivity contribution in [2.45, 2.75) is 59.6 Å². The maximum Gasteiger partial charge on any atom is 0.311 e. The lowest BCUT2D eigenvalue weighted by Crippen LogP contribution is -2.46. The van der Waals surface area contributed by atoms with Gasteiger partial charge in [-0.15, -0.1) is 0 Å². The molecule has 1 atom stereocenters. The van der Waals surface area contributed by atoms with Crippen LogP contribution in [0.4, 0.5) is 0 Å². The SMILES string of the molecule is Cc1ccc(CC(=O)O[C@@H](C)C(=O)NC(C)(C)C)cc1C. The highest BCUT2D eigenvalue weighted by Gasteiger charge is 2.22. The summed E-state index contributed by atoms with van der Waals surface area (Å²) in [6.07, 6.45) is -0.614. The number of rotatable bonds is 4. The van der Waals surface area contributed by atoms with E-state index in [1.54, 1.807) is 6.92 Å². The molecular weight excluding hydrogens is 266 g/mol. The molecule has 116 valence electrons. The van der Waals surface area contributed by atoms with E-state index >= 15 is 0 Å². The number of ether oxygens (including phenoxy) is 1. The molecule has 0 aliphatic heterocycles. The molecule has 1 amide bonds. The number of hydrogen-bond acceptors (Lipinski definition) is 3. The van der Waals surface area contributed by atoms with E-state index in [4.69, 9.17) is 4.74 Å². The van der Waals surface area contributed by atoms with Gasteiger partial charge in [-0.1, -0.05) is 18.2 Å². The molecule has 4 nitrogen and oxygen atoms in total. The molecule has 1 aromatic carbocycles. The first-order valence-electron chi connectivity index (χ1n) is 7.16. The molecule has 0 aliphatic carbocycles. The first-order chi connectivity index (χ1) is 9.58. The standard InChI is InChI=1S/C17H25NO3/c1-11-7-8-14(9-12(11)2)10-15(19)21-13(3)16(20)18-17(4,5)6/h7-9,13H,10H2,1-6H3,(H,18,20)/t13-/m0/s1. The van der Waals surface area contributed by atoms with E-state index in [2.05, 4.69) is 5.32 Å². The number of carbonyl (C=O) groups excluding carboxylic acids is 2. The lowest BCUT2D eigenvalue weighted by molar-refractivity contribution is -0.154. The second-order valence-corrected chi connectivity index (χ2v) is 6.47. The highest BCUT2D eigenvalue weighted by molar-refractivity contribution is 5.84. The van der Waals surface area contributed by atoms with Gasteiger partial charge < -0.3 is 10.1 Å². The van der Waals surface area contributed by atoms with Crippen LogP contribution in [-0.4, -0.2) is 23.5 Å². The smallest absolute Gasteiger partial charge is 0.311 e. The third-order valence-electron chi connectivity index (χ3n) is 3.10. The van der Waals surface area contributed by atoms with Gasteiger partial charge in [0.25, 0.3) is 5.91 Å². The molecule has 0 aromatic heterocycles. The zero-order chi connectivity index (χ0) is 16.2. The van der Waals surface area contributed by atoms with Crippen LogP contribution in [0.3, 0.4) is 0 Å². The molecule has 0 radical (unpaired) electrons. The molecule has 0 unspecified atom stereocenters. The van der Waals surface area contributed by atoms with Crippen LogP contribution in [0, 0.1) is 13.8 Å². The Labute approximate surface area is 126 Å². The van der Waals surface area contributed by atoms with E-state index in [1.165, 1.54) is 5.56 Å². The van der Waals surface area contributed by atoms with Crippen molar-refractivity contribution in [3.63, 3.8) is 0 Å². The summed E-state index contributed by atoms with van der Waals surface area (Å²) in [5.41, 5.74) is 2.88. The predicted molar refractivity (Wildman–Crippen MR) is 83.1 cm³/mol. The van der Waals surface area contributed by atoms with E-state index in [-0.39, 0.29) is 17.9 Å². The van der Waals surface area contributed by atoms with Gasteiger partial charge in [0.2, 0.25) is 0 Å². The molecule has 0 fully saturated rings. The van der Waals surface area contributed by atoms with Gasteiger partial charge in [-0.3, -0.25) is 9.59 Å². The maximum absolute atomic E-state index is 11.9. The van der Waals surface area contributed by atoms with Crippen LogP contribution < -0.4 is 5.32 Å². The molecule has 0 spiro atoms. The first-order valence-corrected chi connectivity index (χ1v) is 7.16. The van der Waals surface area contributed by atoms with Crippen molar-refractivity contribution in [1.29, 1.82) is 0 Å². The highest BCUT2D eigenvalue weighted by Crippen LogP contribution is 2.11. The van der Waals surface area contributed by atoms with E-state index in [9.17, 15) is 9.59 Å². The van der Waals surface area contributed by atoms with E-state index in [1.807, 2.05) is 52.8 Å². The van der Waals surface area contributed by atoms with Crippen molar-refractivity contribution in [2.75, 3.05) is 0 Å². The Bertz CT molecular complexity index is 529. The van der Waals surface area contributed by atoms with Gasteiger partial charge >= 0.3 is 5.97 Å². The van der Waals surface area contributed by atoms with Gasteiger partial charge in [0.1, 0.15) is 0 Å². The Kier molecular flexibility index (Phi) is 5.53. The van der Waals surface area contributed by atoms with Crippen LogP contribution in [0.5, 0.6) is 0 Å². The molecule has 1 N–H and O–H groups in total. The number of amides is 1. The maximum atomic E-state index is 11.9. The van der Waals surface area contributed by atoms with Crippen molar-refractivity contribution in [2.24, 2.45) is 0 Å². The monoisotopic (exact) mass is 291 g/mol. The van der Waals surface area contributed by atoms with E-state index in [0.29, 0.717) is 0 Å². The molecular formula is C17H25NO3. The zero-order valence-electron chi connectivity index (χ0n) is 13.7. The average molecular weight is 291 g/mol. The fourth-order valence-electron chi connectivity index (χ4n) is 1.84. The number of nitrogens with one attached hydrogen (secondary N) is 1. The minimum Gasteiger partial charge on any atom is -0.452 e. The van der Waals surface area contributed by atoms with Gasteiger partial charge in [-0.2, -0.15) is 0 Å². The summed E-state index contributed by atoms with van der Waals surface area (Å²) in [5, 5.41) is 2.79. The second kappa shape index (κ2) is 6.74. The minimum absolute atomic E-state index is 0.175. The summed E-state index contributed by atoms with van der Waals surface area (Å²) in [6.45, 7) is 11.3. The van der Waals surface area contributed by atoms with Crippen molar-refractivity contribution < 1.29 is 14.3 Å². The summed E-state index contributed by atoms with van der Waals surface area (Å²) >= 11 is 0. The second-order valence-electron chi connectivity index (χ2n) is 6.47. The quantitative estimate of drug-likeness (QED) is 0.868. The van der Waals surface area contributed by atoms with Gasteiger partial charge in [-0.25, -0.2) is 0 Å². The molecule has 0 aliphatic rings. The predicted octanol–water partition coefficient (Wildman–Crippen LogP) is 2.69. The van der Waals surface area contributed by atoms with Crippen LogP contribution in [0.2, 0.25) is 0 Å². The van der Waals surface area contributed by atoms with Crippen LogP contribution in [0.1, 0.15) is 44.4 Å². The molecule has 4 heteroatoms. The Morgan fingerprint density at radius 1 is 1.19 bits per heavy atom. The van der Waals surface area contributed by atoms with Crippen molar-refractivity contribution >= 4 is 11.9 Å². The first kappa shape index (κ1) is 17.2. The highest BCUT2D eigenvalue weighted by atomic mass is 16.5. The molecule has 0 heterocycles. The summed E-state index contributed by atoms with van der Waals surface area (Å²) in [6, 6.07) is 5.85. The molecule has 0 saturated heterocycles. The average Bonchev–Trinajstić information content (AvgIpc) is 2.31. The molecule has 1 aromatic rings. The zero-order valence-corrected chi connectivity index (χ0v) is 13.7. The number of aryl methyl sites for hydroxylation is 2. The summed E-state index contributed by atoms with van der Waals surface area (Å²) in [5.74, 6) is -0.675. The lowest BCUT2D eigenvalue weighted by atomic mass is 10.0. The summed E-state index contributed by atoms with van der Waals surface area (Å²) < 4.78 is 5.18. The fourth-order valence-corrected chi connectivity index (χ4v) is 1.84. The Balaban J connectivity index is 2.57. The lowest BCUT2D eigenvalue weighted by Gasteiger charge is -2.23. The topological polar surface area (TPSA) is 55.4 Å².